The van der Waals surface area contributed by atoms with Gasteiger partial charge in [-0.1, -0.05) is 5.11 Å². The van der Waals surface area contributed by atoms with Crippen molar-refractivity contribution >= 4 is 0 Å². The molecule has 2 rings (SSSR count). The Balaban J connectivity index is 2.31. The average Bonchev–Trinajstić information content (AvgIpc) is 2.56. The fraction of sp³-hybridized carbons (Fsp3) is 1.00. The van der Waals surface area contributed by atoms with E-state index in [9.17, 15) is 0 Å². The fourth-order valence-electron chi connectivity index (χ4n) is 1.95. The van der Waals surface area contributed by atoms with E-state index in [2.05, 4.69) is 10.0 Å². The minimum atomic E-state index is -1.10. The van der Waals surface area contributed by atoms with Crippen LogP contribution in [0.15, 0.2) is 5.11 Å². The van der Waals surface area contributed by atoms with Gasteiger partial charge in [-0.3, -0.25) is 0 Å². The number of hydrogen-bond acceptors (Lipinski definition) is 5. The summed E-state index contributed by atoms with van der Waals surface area (Å²) >= 11 is 0. The van der Waals surface area contributed by atoms with Crippen LogP contribution >= 0.6 is 0 Å². The summed E-state index contributed by atoms with van der Waals surface area (Å²) in [6, 6.07) is 0. The number of fused-ring (bicyclic) bond motifs is 1. The molecule has 84 valence electrons. The molecule has 0 amide bonds. The standard InChI is InChI=1S/C8H13N3O4/c1-7(2)14-5-6(12-3)13-4-8(5,15-7)10-11-9/h5-6H,4H2,1-3H3. The maximum Gasteiger partial charge on any atom is 0.204 e. The van der Waals surface area contributed by atoms with Crippen LogP contribution in [0.5, 0.6) is 0 Å². The molecule has 2 saturated heterocycles. The second-order valence-electron chi connectivity index (χ2n) is 3.99. The molecule has 0 aliphatic carbocycles. The molecule has 2 aliphatic heterocycles. The van der Waals surface area contributed by atoms with Crippen molar-refractivity contribution in [3.63, 3.8) is 0 Å². The van der Waals surface area contributed by atoms with Gasteiger partial charge in [0.2, 0.25) is 5.72 Å². The van der Waals surface area contributed by atoms with Crippen LogP contribution in [-0.2, 0) is 18.9 Å². The fourth-order valence-corrected chi connectivity index (χ4v) is 1.95. The Hall–Kier alpha value is -0.850. The summed E-state index contributed by atoms with van der Waals surface area (Å²) in [7, 11) is 1.51. The summed E-state index contributed by atoms with van der Waals surface area (Å²) in [5.74, 6) is -0.792. The molecule has 15 heavy (non-hydrogen) atoms. The minimum Gasteiger partial charge on any atom is -0.353 e. The summed E-state index contributed by atoms with van der Waals surface area (Å²) in [4.78, 5) is 2.77. The average molecular weight is 215 g/mol. The highest BCUT2D eigenvalue weighted by Crippen LogP contribution is 2.44. The van der Waals surface area contributed by atoms with Crippen molar-refractivity contribution in [2.45, 2.75) is 37.8 Å². The van der Waals surface area contributed by atoms with Gasteiger partial charge in [0.1, 0.15) is 6.10 Å². The van der Waals surface area contributed by atoms with Gasteiger partial charge in [0.25, 0.3) is 0 Å². The summed E-state index contributed by atoms with van der Waals surface area (Å²) in [6.07, 6.45) is -1.08. The smallest absolute Gasteiger partial charge is 0.204 e. The lowest BCUT2D eigenvalue weighted by molar-refractivity contribution is -0.218. The van der Waals surface area contributed by atoms with Crippen molar-refractivity contribution in [2.24, 2.45) is 5.11 Å². The highest BCUT2D eigenvalue weighted by atomic mass is 16.8. The summed E-state index contributed by atoms with van der Waals surface area (Å²) < 4.78 is 21.5. The van der Waals surface area contributed by atoms with Gasteiger partial charge in [-0.05, 0) is 19.4 Å². The van der Waals surface area contributed by atoms with Crippen LogP contribution in [-0.4, -0.2) is 37.6 Å². The van der Waals surface area contributed by atoms with E-state index in [0.717, 1.165) is 0 Å². The molecule has 0 bridgehead atoms. The highest BCUT2D eigenvalue weighted by Gasteiger charge is 2.61. The normalized spacial score (nSPS) is 42.3. The zero-order chi connectivity index (χ0) is 11.1. The Morgan fingerprint density at radius 3 is 2.87 bits per heavy atom. The molecular formula is C8H13N3O4. The van der Waals surface area contributed by atoms with E-state index in [1.54, 1.807) is 13.8 Å². The first-order valence-electron chi connectivity index (χ1n) is 4.62. The molecule has 0 spiro atoms. The van der Waals surface area contributed by atoms with Crippen molar-refractivity contribution < 1.29 is 18.9 Å². The first-order valence-corrected chi connectivity index (χ1v) is 4.62. The van der Waals surface area contributed by atoms with Crippen molar-refractivity contribution in [3.05, 3.63) is 10.4 Å². The summed E-state index contributed by atoms with van der Waals surface area (Å²) in [5, 5.41) is 3.64. The Morgan fingerprint density at radius 1 is 1.53 bits per heavy atom. The topological polar surface area (TPSA) is 85.7 Å². The largest absolute Gasteiger partial charge is 0.353 e. The zero-order valence-corrected chi connectivity index (χ0v) is 8.84. The Kier molecular flexibility index (Phi) is 2.37. The SMILES string of the molecule is COC1OCC2(N=[N+]=[N-])OC(C)(C)OC12. The van der Waals surface area contributed by atoms with E-state index in [0.29, 0.717) is 0 Å². The van der Waals surface area contributed by atoms with Crippen molar-refractivity contribution in [2.75, 3.05) is 13.7 Å². The molecule has 7 nitrogen and oxygen atoms in total. The lowest BCUT2D eigenvalue weighted by Gasteiger charge is -2.21. The molecule has 3 atom stereocenters. The van der Waals surface area contributed by atoms with Gasteiger partial charge in [0.05, 0.1) is 6.61 Å². The molecule has 7 heteroatoms. The lowest BCUT2D eigenvalue weighted by atomic mass is 10.1. The highest BCUT2D eigenvalue weighted by molar-refractivity contribution is 5.00. The van der Waals surface area contributed by atoms with Crippen LogP contribution in [0.2, 0.25) is 0 Å². The maximum atomic E-state index is 8.52. The number of nitrogens with zero attached hydrogens (tertiary/aromatic N) is 3. The van der Waals surface area contributed by atoms with E-state index in [4.69, 9.17) is 24.5 Å². The number of methoxy groups -OCH3 is 1. The van der Waals surface area contributed by atoms with Gasteiger partial charge in [-0.2, -0.15) is 0 Å². The minimum absolute atomic E-state index is 0.143. The predicted molar refractivity (Wildman–Crippen MR) is 48.7 cm³/mol. The Morgan fingerprint density at radius 2 is 2.27 bits per heavy atom. The van der Waals surface area contributed by atoms with Gasteiger partial charge in [0.15, 0.2) is 12.1 Å². The van der Waals surface area contributed by atoms with Crippen LogP contribution in [0.25, 0.3) is 10.4 Å². The Bertz CT molecular complexity index is 315. The molecule has 2 fully saturated rings. The van der Waals surface area contributed by atoms with Gasteiger partial charge in [-0.15, -0.1) is 0 Å². The van der Waals surface area contributed by atoms with Gasteiger partial charge in [0, 0.05) is 12.0 Å². The maximum absolute atomic E-state index is 8.52. The molecule has 2 aliphatic rings. The van der Waals surface area contributed by atoms with E-state index in [1.165, 1.54) is 7.11 Å². The number of azide groups is 1. The zero-order valence-electron chi connectivity index (χ0n) is 8.84. The first kappa shape index (κ1) is 10.7. The number of ether oxygens (including phenoxy) is 4. The third-order valence-corrected chi connectivity index (χ3v) is 2.43. The molecule has 2 heterocycles. The molecule has 0 N–H and O–H groups in total. The van der Waals surface area contributed by atoms with Crippen molar-refractivity contribution in [1.29, 1.82) is 0 Å². The molecule has 3 unspecified atom stereocenters. The second kappa shape index (κ2) is 3.33. The summed E-state index contributed by atoms with van der Waals surface area (Å²) in [5.41, 5.74) is 7.43. The van der Waals surface area contributed by atoms with Crippen LogP contribution in [0.3, 0.4) is 0 Å². The van der Waals surface area contributed by atoms with Crippen molar-refractivity contribution in [1.82, 2.24) is 0 Å². The first-order chi connectivity index (χ1) is 7.03. The summed E-state index contributed by atoms with van der Waals surface area (Å²) in [6.45, 7) is 3.66. The molecule has 0 aromatic rings. The number of rotatable bonds is 2. The van der Waals surface area contributed by atoms with Gasteiger partial charge >= 0.3 is 0 Å². The predicted octanol–water partition coefficient (Wildman–Crippen LogP) is 1.15. The molecule has 0 aromatic heterocycles. The van der Waals surface area contributed by atoms with Gasteiger partial charge < -0.3 is 18.9 Å². The van der Waals surface area contributed by atoms with E-state index < -0.39 is 23.9 Å². The van der Waals surface area contributed by atoms with Gasteiger partial charge in [-0.25, -0.2) is 0 Å². The molecule has 0 aromatic carbocycles. The lowest BCUT2D eigenvalue weighted by Crippen LogP contribution is -2.39. The second-order valence-corrected chi connectivity index (χ2v) is 3.99. The quantitative estimate of drug-likeness (QED) is 0.392. The van der Waals surface area contributed by atoms with Crippen LogP contribution in [0, 0.1) is 0 Å². The molecule has 0 radical (unpaired) electrons. The van der Waals surface area contributed by atoms with Crippen LogP contribution in [0.1, 0.15) is 13.8 Å². The molecular weight excluding hydrogens is 202 g/mol. The van der Waals surface area contributed by atoms with E-state index in [1.807, 2.05) is 0 Å². The van der Waals surface area contributed by atoms with Crippen LogP contribution in [0.4, 0.5) is 0 Å². The van der Waals surface area contributed by atoms with Crippen molar-refractivity contribution in [3.8, 4) is 0 Å². The molecule has 0 saturated carbocycles. The van der Waals surface area contributed by atoms with Crippen LogP contribution < -0.4 is 0 Å². The monoisotopic (exact) mass is 215 g/mol. The third kappa shape index (κ3) is 1.58. The van der Waals surface area contributed by atoms with E-state index >= 15 is 0 Å². The Labute approximate surface area is 86.9 Å². The number of hydrogen-bond donors (Lipinski definition) is 0. The third-order valence-electron chi connectivity index (χ3n) is 2.43. The van der Waals surface area contributed by atoms with E-state index in [-0.39, 0.29) is 6.61 Å².